The summed E-state index contributed by atoms with van der Waals surface area (Å²) in [6.07, 6.45) is 0. The molecule has 6 heteroatoms. The predicted molar refractivity (Wildman–Crippen MR) is 73.9 cm³/mol. The number of amides is 2. The number of hydrogen-bond donors (Lipinski definition) is 1. The highest BCUT2D eigenvalue weighted by Gasteiger charge is 2.27. The van der Waals surface area contributed by atoms with Crippen molar-refractivity contribution in [3.63, 3.8) is 0 Å². The molecule has 0 unspecified atom stereocenters. The first-order valence-corrected chi connectivity index (χ1v) is 6.41. The van der Waals surface area contributed by atoms with Crippen LogP contribution in [-0.4, -0.2) is 45.2 Å². The molecule has 6 nitrogen and oxygen atoms in total. The van der Waals surface area contributed by atoms with Crippen LogP contribution in [-0.2, 0) is 14.3 Å². The Balaban J connectivity index is 2.09. The second-order valence-corrected chi connectivity index (χ2v) is 4.58. The lowest BCUT2D eigenvalue weighted by molar-refractivity contribution is -0.125. The lowest BCUT2D eigenvalue weighted by atomic mass is 10.1. The van der Waals surface area contributed by atoms with Gasteiger partial charge in [0.25, 0.3) is 5.91 Å². The predicted octanol–water partition coefficient (Wildman–Crippen LogP) is 0.483. The van der Waals surface area contributed by atoms with Crippen molar-refractivity contribution in [3.05, 3.63) is 23.8 Å². The number of ether oxygens (including phenoxy) is 2. The molecule has 1 aromatic carbocycles. The fraction of sp³-hybridized carbons (Fsp3) is 0.429. The van der Waals surface area contributed by atoms with Gasteiger partial charge in [-0.1, -0.05) is 6.07 Å². The largest absolute Gasteiger partial charge is 0.482 e. The van der Waals surface area contributed by atoms with Gasteiger partial charge in [0.15, 0.2) is 6.61 Å². The first-order chi connectivity index (χ1) is 9.61. The Bertz CT molecular complexity index is 516. The second-order valence-electron chi connectivity index (χ2n) is 4.58. The molecule has 1 N–H and O–H groups in total. The number of carbonyl (C=O) groups is 2. The van der Waals surface area contributed by atoms with Gasteiger partial charge in [-0.25, -0.2) is 0 Å². The molecule has 0 aromatic heterocycles. The zero-order chi connectivity index (χ0) is 14.5. The number of rotatable bonds is 5. The number of anilines is 1. The Hall–Kier alpha value is -2.08. The van der Waals surface area contributed by atoms with E-state index in [4.69, 9.17) is 9.47 Å². The van der Waals surface area contributed by atoms with E-state index in [2.05, 4.69) is 5.32 Å². The minimum Gasteiger partial charge on any atom is -0.482 e. The van der Waals surface area contributed by atoms with Gasteiger partial charge in [-0.15, -0.1) is 0 Å². The minimum absolute atomic E-state index is 0.0115. The monoisotopic (exact) mass is 278 g/mol. The van der Waals surface area contributed by atoms with Crippen molar-refractivity contribution in [2.75, 3.05) is 38.3 Å². The summed E-state index contributed by atoms with van der Waals surface area (Å²) in [4.78, 5) is 25.2. The van der Waals surface area contributed by atoms with Crippen LogP contribution >= 0.6 is 0 Å². The Morgan fingerprint density at radius 1 is 1.50 bits per heavy atom. The zero-order valence-corrected chi connectivity index (χ0v) is 11.6. The van der Waals surface area contributed by atoms with Crippen LogP contribution in [0.2, 0.25) is 0 Å². The first-order valence-electron chi connectivity index (χ1n) is 6.41. The SMILES string of the molecule is COCCNC(=O)CN1C(=O)COc2ccc(C)cc21. The number of nitrogens with zero attached hydrogens (tertiary/aromatic N) is 1. The topological polar surface area (TPSA) is 67.9 Å². The first kappa shape index (κ1) is 14.3. The Labute approximate surface area is 117 Å². The third-order valence-electron chi connectivity index (χ3n) is 2.99. The van der Waals surface area contributed by atoms with E-state index in [1.807, 2.05) is 25.1 Å². The molecule has 0 fully saturated rings. The second kappa shape index (κ2) is 6.38. The van der Waals surface area contributed by atoms with Crippen LogP contribution in [0.4, 0.5) is 5.69 Å². The molecule has 0 saturated carbocycles. The van der Waals surface area contributed by atoms with Crippen LogP contribution in [0, 0.1) is 6.92 Å². The summed E-state index contributed by atoms with van der Waals surface area (Å²) in [6, 6.07) is 5.56. The highest BCUT2D eigenvalue weighted by Crippen LogP contribution is 2.32. The molecule has 0 spiro atoms. The molecule has 0 atom stereocenters. The summed E-state index contributed by atoms with van der Waals surface area (Å²) in [6.45, 7) is 2.74. The van der Waals surface area contributed by atoms with Gasteiger partial charge in [0, 0.05) is 13.7 Å². The van der Waals surface area contributed by atoms with E-state index in [1.165, 1.54) is 4.90 Å². The normalized spacial score (nSPS) is 13.7. The summed E-state index contributed by atoms with van der Waals surface area (Å²) in [5.74, 6) is 0.189. The lowest BCUT2D eigenvalue weighted by Gasteiger charge is -2.29. The minimum atomic E-state index is -0.218. The molecule has 1 aliphatic heterocycles. The molecule has 0 aliphatic carbocycles. The van der Waals surface area contributed by atoms with Crippen molar-refractivity contribution in [2.45, 2.75) is 6.92 Å². The number of aryl methyl sites for hydroxylation is 1. The van der Waals surface area contributed by atoms with Crippen LogP contribution < -0.4 is 15.0 Å². The molecule has 2 amide bonds. The number of hydrogen-bond acceptors (Lipinski definition) is 4. The van der Waals surface area contributed by atoms with Crippen molar-refractivity contribution in [2.24, 2.45) is 0 Å². The van der Waals surface area contributed by atoms with E-state index in [0.29, 0.717) is 24.6 Å². The molecule has 0 radical (unpaired) electrons. The van der Waals surface area contributed by atoms with Crippen LogP contribution in [0.3, 0.4) is 0 Å². The number of fused-ring (bicyclic) bond motifs is 1. The summed E-state index contributed by atoms with van der Waals surface area (Å²) in [7, 11) is 1.57. The summed E-state index contributed by atoms with van der Waals surface area (Å²) in [5.41, 5.74) is 1.65. The highest BCUT2D eigenvalue weighted by molar-refractivity contribution is 6.02. The van der Waals surface area contributed by atoms with E-state index in [1.54, 1.807) is 7.11 Å². The lowest BCUT2D eigenvalue weighted by Crippen LogP contribution is -2.45. The van der Waals surface area contributed by atoms with Gasteiger partial charge in [-0.05, 0) is 24.6 Å². The smallest absolute Gasteiger partial charge is 0.265 e. The number of carbonyl (C=O) groups excluding carboxylic acids is 2. The van der Waals surface area contributed by atoms with E-state index in [0.717, 1.165) is 5.56 Å². The van der Waals surface area contributed by atoms with Gasteiger partial charge in [-0.2, -0.15) is 0 Å². The fourth-order valence-corrected chi connectivity index (χ4v) is 1.98. The van der Waals surface area contributed by atoms with Crippen LogP contribution in [0.25, 0.3) is 0 Å². The van der Waals surface area contributed by atoms with Crippen molar-refractivity contribution < 1.29 is 19.1 Å². The van der Waals surface area contributed by atoms with Gasteiger partial charge in [0.1, 0.15) is 12.3 Å². The molecule has 1 aliphatic rings. The van der Waals surface area contributed by atoms with Gasteiger partial charge in [0.2, 0.25) is 5.91 Å². The van der Waals surface area contributed by atoms with Crippen LogP contribution in [0.1, 0.15) is 5.56 Å². The maximum Gasteiger partial charge on any atom is 0.265 e. The molecule has 1 heterocycles. The van der Waals surface area contributed by atoms with Gasteiger partial charge in [0.05, 0.1) is 12.3 Å². The summed E-state index contributed by atoms with van der Waals surface area (Å²) in [5, 5.41) is 2.70. The molecule has 2 rings (SSSR count). The molecule has 108 valence electrons. The molecule has 20 heavy (non-hydrogen) atoms. The van der Waals surface area contributed by atoms with Crippen molar-refractivity contribution in [1.82, 2.24) is 5.32 Å². The number of nitrogens with one attached hydrogen (secondary N) is 1. The van der Waals surface area contributed by atoms with E-state index in [-0.39, 0.29) is 25.0 Å². The standard InChI is InChI=1S/C14H18N2O4/c1-10-3-4-12-11(7-10)16(14(18)9-20-12)8-13(17)15-5-6-19-2/h3-4,7H,5-6,8-9H2,1-2H3,(H,15,17). The van der Waals surface area contributed by atoms with Crippen molar-refractivity contribution in [3.8, 4) is 5.75 Å². The zero-order valence-electron chi connectivity index (χ0n) is 11.6. The molecular weight excluding hydrogens is 260 g/mol. The maximum absolute atomic E-state index is 11.9. The van der Waals surface area contributed by atoms with Gasteiger partial charge >= 0.3 is 0 Å². The summed E-state index contributed by atoms with van der Waals surface area (Å²) < 4.78 is 10.2. The van der Waals surface area contributed by atoms with Crippen LogP contribution in [0.5, 0.6) is 5.75 Å². The van der Waals surface area contributed by atoms with Crippen molar-refractivity contribution in [1.29, 1.82) is 0 Å². The number of methoxy groups -OCH3 is 1. The summed E-state index contributed by atoms with van der Waals surface area (Å²) >= 11 is 0. The maximum atomic E-state index is 11.9. The van der Waals surface area contributed by atoms with E-state index in [9.17, 15) is 9.59 Å². The average Bonchev–Trinajstić information content (AvgIpc) is 2.42. The Morgan fingerprint density at radius 2 is 2.30 bits per heavy atom. The fourth-order valence-electron chi connectivity index (χ4n) is 1.98. The molecule has 1 aromatic rings. The third kappa shape index (κ3) is 3.27. The van der Waals surface area contributed by atoms with Gasteiger partial charge < -0.3 is 14.8 Å². The molecular formula is C14H18N2O4. The quantitative estimate of drug-likeness (QED) is 0.796. The molecule has 0 bridgehead atoms. The number of benzene rings is 1. The highest BCUT2D eigenvalue weighted by atomic mass is 16.5. The van der Waals surface area contributed by atoms with Crippen LogP contribution in [0.15, 0.2) is 18.2 Å². The molecule has 0 saturated heterocycles. The Kier molecular flexibility index (Phi) is 4.57. The Morgan fingerprint density at radius 3 is 3.05 bits per heavy atom. The van der Waals surface area contributed by atoms with Gasteiger partial charge in [-0.3, -0.25) is 14.5 Å². The third-order valence-corrected chi connectivity index (χ3v) is 2.99. The van der Waals surface area contributed by atoms with E-state index >= 15 is 0 Å². The average molecular weight is 278 g/mol. The van der Waals surface area contributed by atoms with E-state index < -0.39 is 0 Å². The van der Waals surface area contributed by atoms with Crippen molar-refractivity contribution >= 4 is 17.5 Å².